The van der Waals surface area contributed by atoms with Gasteiger partial charge in [-0.1, -0.05) is 89.3 Å². The summed E-state index contributed by atoms with van der Waals surface area (Å²) in [4.78, 5) is 0. The zero-order chi connectivity index (χ0) is 19.9. The maximum absolute atomic E-state index is 14.7. The van der Waals surface area contributed by atoms with Crippen molar-refractivity contribution in [2.24, 2.45) is 11.8 Å². The van der Waals surface area contributed by atoms with E-state index in [2.05, 4.69) is 51.1 Å². The summed E-state index contributed by atoms with van der Waals surface area (Å²) >= 11 is 0. The number of hydrogen-bond donors (Lipinski definition) is 0. The zero-order valence-electron chi connectivity index (χ0n) is 18.0. The maximum atomic E-state index is 14.7. The fourth-order valence-corrected chi connectivity index (χ4v) is 4.77. The van der Waals surface area contributed by atoms with E-state index in [1.54, 1.807) is 6.07 Å². The Kier molecular flexibility index (Phi) is 7.71. The normalized spacial score (nSPS) is 20.9. The quantitative estimate of drug-likeness (QED) is 0.430. The Labute approximate surface area is 171 Å². The molecule has 152 valence electrons. The van der Waals surface area contributed by atoms with Gasteiger partial charge in [-0.15, -0.1) is 0 Å². The van der Waals surface area contributed by atoms with Gasteiger partial charge in [0.05, 0.1) is 0 Å². The molecule has 0 heterocycles. The molecule has 1 saturated carbocycles. The van der Waals surface area contributed by atoms with E-state index in [1.807, 2.05) is 6.07 Å². The molecule has 1 atom stereocenters. The van der Waals surface area contributed by atoms with Crippen molar-refractivity contribution in [3.05, 3.63) is 59.4 Å². The number of aryl methyl sites for hydroxylation is 1. The van der Waals surface area contributed by atoms with Gasteiger partial charge in [0.1, 0.15) is 5.82 Å². The van der Waals surface area contributed by atoms with E-state index in [1.165, 1.54) is 50.5 Å². The van der Waals surface area contributed by atoms with E-state index in [4.69, 9.17) is 0 Å². The van der Waals surface area contributed by atoms with Crippen molar-refractivity contribution in [2.75, 3.05) is 0 Å². The zero-order valence-corrected chi connectivity index (χ0v) is 18.0. The second-order valence-electron chi connectivity index (χ2n) is 9.18. The lowest BCUT2D eigenvalue weighted by atomic mass is 9.79. The molecule has 3 rings (SSSR count). The lowest BCUT2D eigenvalue weighted by Gasteiger charge is -2.26. The Bertz CT molecular complexity index is 722. The first kappa shape index (κ1) is 21.1. The van der Waals surface area contributed by atoms with Crippen LogP contribution in [0.15, 0.2) is 42.5 Å². The molecule has 0 N–H and O–H groups in total. The summed E-state index contributed by atoms with van der Waals surface area (Å²) < 4.78 is 14.7. The molecular weight excluding hydrogens is 343 g/mol. The molecule has 0 bridgehead atoms. The molecule has 2 aromatic rings. The van der Waals surface area contributed by atoms with E-state index >= 15 is 0 Å². The van der Waals surface area contributed by atoms with E-state index in [9.17, 15) is 4.39 Å². The highest BCUT2D eigenvalue weighted by Crippen LogP contribution is 2.36. The van der Waals surface area contributed by atoms with Gasteiger partial charge in [0.25, 0.3) is 0 Å². The molecule has 1 heteroatoms. The Morgan fingerprint density at radius 2 is 1.68 bits per heavy atom. The van der Waals surface area contributed by atoms with Gasteiger partial charge in [-0.3, -0.25) is 0 Å². The first-order valence-electron chi connectivity index (χ1n) is 11.5. The third-order valence-electron chi connectivity index (χ3n) is 6.69. The second-order valence-corrected chi connectivity index (χ2v) is 9.18. The molecule has 1 fully saturated rings. The summed E-state index contributed by atoms with van der Waals surface area (Å²) in [5.74, 6) is 2.25. The van der Waals surface area contributed by atoms with Crippen LogP contribution in [0.25, 0.3) is 11.1 Å². The molecule has 1 unspecified atom stereocenters. The highest BCUT2D eigenvalue weighted by molar-refractivity contribution is 5.65. The Morgan fingerprint density at radius 3 is 2.32 bits per heavy atom. The number of benzene rings is 2. The molecule has 1 aliphatic rings. The largest absolute Gasteiger partial charge is 0.206 e. The fraction of sp³-hybridized carbons (Fsp3) is 0.556. The molecule has 1 aliphatic carbocycles. The van der Waals surface area contributed by atoms with Crippen molar-refractivity contribution in [3.8, 4) is 11.1 Å². The highest BCUT2D eigenvalue weighted by Gasteiger charge is 2.19. The summed E-state index contributed by atoms with van der Waals surface area (Å²) in [6.07, 6.45) is 11.2. The topological polar surface area (TPSA) is 0 Å². The smallest absolute Gasteiger partial charge is 0.131 e. The van der Waals surface area contributed by atoms with E-state index in [0.29, 0.717) is 5.92 Å². The van der Waals surface area contributed by atoms with Gasteiger partial charge in [-0.05, 0) is 66.2 Å². The molecule has 0 saturated heterocycles. The lowest BCUT2D eigenvalue weighted by Crippen LogP contribution is -2.10. The summed E-state index contributed by atoms with van der Waals surface area (Å²) in [6.45, 7) is 6.93. The Morgan fingerprint density at radius 1 is 0.964 bits per heavy atom. The van der Waals surface area contributed by atoms with Crippen LogP contribution in [0.1, 0.15) is 89.2 Å². The van der Waals surface area contributed by atoms with Crippen LogP contribution in [0.5, 0.6) is 0 Å². The summed E-state index contributed by atoms with van der Waals surface area (Å²) in [7, 11) is 0. The van der Waals surface area contributed by atoms with Gasteiger partial charge in [0.2, 0.25) is 0 Å². The van der Waals surface area contributed by atoms with Gasteiger partial charge in [0, 0.05) is 5.56 Å². The third kappa shape index (κ3) is 5.69. The van der Waals surface area contributed by atoms with Crippen molar-refractivity contribution in [1.29, 1.82) is 0 Å². The minimum Gasteiger partial charge on any atom is -0.206 e. The third-order valence-corrected chi connectivity index (χ3v) is 6.69. The van der Waals surface area contributed by atoms with Crippen LogP contribution in [-0.4, -0.2) is 0 Å². The van der Waals surface area contributed by atoms with Crippen LogP contribution in [0.2, 0.25) is 0 Å². The first-order chi connectivity index (χ1) is 13.6. The minimum absolute atomic E-state index is 0.0849. The Balaban J connectivity index is 1.60. The molecule has 0 aromatic heterocycles. The molecule has 0 aliphatic heterocycles. The van der Waals surface area contributed by atoms with Crippen LogP contribution >= 0.6 is 0 Å². The standard InChI is InChI=1S/C27H37F/c1-4-6-20(2)7-5-8-22-11-18-26(27(28)19-22)25-16-14-24(15-17-25)23-12-9-21(3)10-13-23/h11,14-21,23H,4-10,12-13H2,1-3H3. The van der Waals surface area contributed by atoms with E-state index in [0.717, 1.165) is 41.4 Å². The number of rotatable bonds is 8. The average Bonchev–Trinajstić information content (AvgIpc) is 2.69. The highest BCUT2D eigenvalue weighted by atomic mass is 19.1. The predicted octanol–water partition coefficient (Wildman–Crippen LogP) is 8.55. The van der Waals surface area contributed by atoms with Gasteiger partial charge in [-0.2, -0.15) is 0 Å². The molecule has 28 heavy (non-hydrogen) atoms. The van der Waals surface area contributed by atoms with Gasteiger partial charge in [0.15, 0.2) is 0 Å². The molecule has 0 radical (unpaired) electrons. The molecule has 2 aromatic carbocycles. The number of hydrogen-bond acceptors (Lipinski definition) is 0. The van der Waals surface area contributed by atoms with Crippen LogP contribution in [0.4, 0.5) is 4.39 Å². The summed E-state index contributed by atoms with van der Waals surface area (Å²) in [5.41, 5.74) is 4.27. The van der Waals surface area contributed by atoms with Gasteiger partial charge >= 0.3 is 0 Å². The van der Waals surface area contributed by atoms with Crippen molar-refractivity contribution >= 4 is 0 Å². The van der Waals surface area contributed by atoms with E-state index in [-0.39, 0.29) is 5.82 Å². The predicted molar refractivity (Wildman–Crippen MR) is 119 cm³/mol. The van der Waals surface area contributed by atoms with Crippen LogP contribution in [0.3, 0.4) is 0 Å². The van der Waals surface area contributed by atoms with Gasteiger partial charge < -0.3 is 0 Å². The van der Waals surface area contributed by atoms with Gasteiger partial charge in [-0.25, -0.2) is 4.39 Å². The van der Waals surface area contributed by atoms with E-state index < -0.39 is 0 Å². The van der Waals surface area contributed by atoms with Crippen molar-refractivity contribution < 1.29 is 4.39 Å². The first-order valence-corrected chi connectivity index (χ1v) is 11.5. The fourth-order valence-electron chi connectivity index (χ4n) is 4.77. The second kappa shape index (κ2) is 10.2. The minimum atomic E-state index is -0.0849. The van der Waals surface area contributed by atoms with Crippen LogP contribution < -0.4 is 0 Å². The maximum Gasteiger partial charge on any atom is 0.131 e. The lowest BCUT2D eigenvalue weighted by molar-refractivity contribution is 0.348. The van der Waals surface area contributed by atoms with Crippen molar-refractivity contribution in [2.45, 2.75) is 84.5 Å². The molecular formula is C27H37F. The summed E-state index contributed by atoms with van der Waals surface area (Å²) in [5, 5.41) is 0. The molecule has 0 nitrogen and oxygen atoms in total. The SMILES string of the molecule is CCCC(C)CCCc1ccc(-c2ccc(C3CCC(C)CC3)cc2)c(F)c1. The van der Waals surface area contributed by atoms with Crippen LogP contribution in [0, 0.1) is 17.7 Å². The monoisotopic (exact) mass is 380 g/mol. The van der Waals surface area contributed by atoms with Crippen molar-refractivity contribution in [3.63, 3.8) is 0 Å². The Hall–Kier alpha value is -1.63. The van der Waals surface area contributed by atoms with Crippen molar-refractivity contribution in [1.82, 2.24) is 0 Å². The molecule has 0 spiro atoms. The summed E-state index contributed by atoms with van der Waals surface area (Å²) in [6, 6.07) is 14.5. The average molecular weight is 381 g/mol. The number of halogens is 1. The molecule has 0 amide bonds. The van der Waals surface area contributed by atoms with Crippen LogP contribution in [-0.2, 0) is 6.42 Å².